The van der Waals surface area contributed by atoms with Crippen LogP contribution in [0.3, 0.4) is 0 Å². The van der Waals surface area contributed by atoms with E-state index in [1.807, 2.05) is 0 Å². The minimum atomic E-state index is -0.208. The van der Waals surface area contributed by atoms with Crippen molar-refractivity contribution < 1.29 is 15.0 Å². The van der Waals surface area contributed by atoms with Crippen LogP contribution >= 0.6 is 0 Å². The number of carbonyl (C=O) groups is 1. The summed E-state index contributed by atoms with van der Waals surface area (Å²) in [5.74, 6) is -0.379. The average Bonchev–Trinajstić information content (AvgIpc) is 2.11. The standard InChI is InChI=1S/C10H10O3/c1-2-3-7-4-5-9(12)8(6-11)10(7)13/h2,4-6,12-13H,1,3H2. The second-order valence-electron chi connectivity index (χ2n) is 2.62. The maximum absolute atomic E-state index is 10.5. The van der Waals surface area contributed by atoms with E-state index in [1.165, 1.54) is 6.07 Å². The largest absolute Gasteiger partial charge is 0.507 e. The first-order chi connectivity index (χ1) is 6.20. The maximum Gasteiger partial charge on any atom is 0.157 e. The van der Waals surface area contributed by atoms with Gasteiger partial charge < -0.3 is 10.2 Å². The van der Waals surface area contributed by atoms with Crippen molar-refractivity contribution in [2.45, 2.75) is 6.42 Å². The molecule has 68 valence electrons. The predicted octanol–water partition coefficient (Wildman–Crippen LogP) is 1.64. The van der Waals surface area contributed by atoms with Crippen molar-refractivity contribution in [3.05, 3.63) is 35.9 Å². The van der Waals surface area contributed by atoms with Gasteiger partial charge in [-0.25, -0.2) is 0 Å². The number of rotatable bonds is 3. The zero-order valence-corrected chi connectivity index (χ0v) is 7.03. The predicted molar refractivity (Wildman–Crippen MR) is 49.1 cm³/mol. The molecule has 0 bridgehead atoms. The van der Waals surface area contributed by atoms with Crippen LogP contribution in [0.1, 0.15) is 15.9 Å². The molecule has 0 saturated carbocycles. The molecule has 0 radical (unpaired) electrons. The SMILES string of the molecule is C=CCc1ccc(O)c(C=O)c1O. The normalized spacial score (nSPS) is 9.54. The van der Waals surface area contributed by atoms with E-state index < -0.39 is 0 Å². The Balaban J connectivity index is 3.26. The smallest absolute Gasteiger partial charge is 0.157 e. The fraction of sp³-hybridized carbons (Fsp3) is 0.100. The summed E-state index contributed by atoms with van der Waals surface area (Å²) in [6.07, 6.45) is 2.50. The molecule has 0 heterocycles. The molecule has 0 atom stereocenters. The highest BCUT2D eigenvalue weighted by molar-refractivity contribution is 5.84. The number of phenols is 2. The molecular formula is C10H10O3. The van der Waals surface area contributed by atoms with Crippen molar-refractivity contribution in [1.82, 2.24) is 0 Å². The van der Waals surface area contributed by atoms with Crippen molar-refractivity contribution in [3.63, 3.8) is 0 Å². The van der Waals surface area contributed by atoms with Gasteiger partial charge in [-0.15, -0.1) is 6.58 Å². The summed E-state index contributed by atoms with van der Waals surface area (Å²) in [6.45, 7) is 3.51. The molecule has 1 aromatic rings. The number of hydrogen-bond acceptors (Lipinski definition) is 3. The summed E-state index contributed by atoms with van der Waals surface area (Å²) in [6, 6.07) is 2.93. The number of allylic oxidation sites excluding steroid dienone is 1. The van der Waals surface area contributed by atoms with Crippen LogP contribution in [-0.2, 0) is 6.42 Å². The highest BCUT2D eigenvalue weighted by Crippen LogP contribution is 2.29. The zero-order chi connectivity index (χ0) is 9.84. The first kappa shape index (κ1) is 9.32. The summed E-state index contributed by atoms with van der Waals surface area (Å²) in [5.41, 5.74) is 0.509. The van der Waals surface area contributed by atoms with Gasteiger partial charge in [-0.05, 0) is 18.1 Å². The van der Waals surface area contributed by atoms with Gasteiger partial charge in [0.2, 0.25) is 0 Å². The minimum Gasteiger partial charge on any atom is -0.507 e. The maximum atomic E-state index is 10.5. The summed E-state index contributed by atoms with van der Waals surface area (Å²) in [5, 5.41) is 18.6. The first-order valence-electron chi connectivity index (χ1n) is 3.80. The van der Waals surface area contributed by atoms with Gasteiger partial charge in [0.05, 0.1) is 5.56 Å². The van der Waals surface area contributed by atoms with E-state index >= 15 is 0 Å². The Morgan fingerprint density at radius 1 is 1.38 bits per heavy atom. The fourth-order valence-electron chi connectivity index (χ4n) is 1.08. The number of aldehydes is 1. The van der Waals surface area contributed by atoms with Crippen LogP contribution in [0.4, 0.5) is 0 Å². The van der Waals surface area contributed by atoms with Crippen LogP contribution in [0.5, 0.6) is 11.5 Å². The van der Waals surface area contributed by atoms with Crippen LogP contribution in [0.15, 0.2) is 24.8 Å². The first-order valence-corrected chi connectivity index (χ1v) is 3.80. The molecule has 0 unspecified atom stereocenters. The average molecular weight is 178 g/mol. The third-order valence-corrected chi connectivity index (χ3v) is 1.76. The Kier molecular flexibility index (Phi) is 2.69. The van der Waals surface area contributed by atoms with Gasteiger partial charge >= 0.3 is 0 Å². The molecule has 0 aliphatic carbocycles. The summed E-state index contributed by atoms with van der Waals surface area (Å²) < 4.78 is 0. The highest BCUT2D eigenvalue weighted by atomic mass is 16.3. The number of hydrogen-bond donors (Lipinski definition) is 2. The van der Waals surface area contributed by atoms with E-state index in [9.17, 15) is 9.90 Å². The van der Waals surface area contributed by atoms with Gasteiger partial charge in [0, 0.05) is 0 Å². The molecule has 3 nitrogen and oxygen atoms in total. The van der Waals surface area contributed by atoms with Crippen molar-refractivity contribution in [1.29, 1.82) is 0 Å². The topological polar surface area (TPSA) is 57.5 Å². The van der Waals surface area contributed by atoms with Crippen molar-refractivity contribution >= 4 is 6.29 Å². The van der Waals surface area contributed by atoms with Crippen LogP contribution in [0.25, 0.3) is 0 Å². The molecule has 0 aliphatic rings. The van der Waals surface area contributed by atoms with E-state index in [0.29, 0.717) is 18.3 Å². The Labute approximate surface area is 76.0 Å². The third-order valence-electron chi connectivity index (χ3n) is 1.76. The lowest BCUT2D eigenvalue weighted by Crippen LogP contribution is -1.89. The molecule has 2 N–H and O–H groups in total. The molecule has 0 aromatic heterocycles. The monoisotopic (exact) mass is 178 g/mol. The van der Waals surface area contributed by atoms with Gasteiger partial charge in [0.25, 0.3) is 0 Å². The lowest BCUT2D eigenvalue weighted by Gasteiger charge is -2.05. The molecule has 1 rings (SSSR count). The number of phenolic OH excluding ortho intramolecular Hbond substituents is 2. The molecule has 0 amide bonds. The van der Waals surface area contributed by atoms with Gasteiger partial charge in [0.1, 0.15) is 11.5 Å². The molecular weight excluding hydrogens is 168 g/mol. The second kappa shape index (κ2) is 3.76. The molecule has 0 saturated heterocycles. The lowest BCUT2D eigenvalue weighted by atomic mass is 10.1. The van der Waals surface area contributed by atoms with Gasteiger partial charge in [0.15, 0.2) is 6.29 Å². The number of carbonyl (C=O) groups excluding carboxylic acids is 1. The molecule has 13 heavy (non-hydrogen) atoms. The third kappa shape index (κ3) is 1.69. The Morgan fingerprint density at radius 3 is 2.62 bits per heavy atom. The van der Waals surface area contributed by atoms with Gasteiger partial charge in [-0.3, -0.25) is 4.79 Å². The Hall–Kier alpha value is -1.77. The molecule has 3 heteroatoms. The van der Waals surface area contributed by atoms with E-state index in [1.54, 1.807) is 12.1 Å². The minimum absolute atomic E-state index is 0.0700. The van der Waals surface area contributed by atoms with Crippen molar-refractivity contribution in [3.8, 4) is 11.5 Å². The van der Waals surface area contributed by atoms with Crippen LogP contribution in [0, 0.1) is 0 Å². The summed E-state index contributed by atoms with van der Waals surface area (Å²) in [7, 11) is 0. The second-order valence-corrected chi connectivity index (χ2v) is 2.62. The number of aromatic hydroxyl groups is 2. The van der Waals surface area contributed by atoms with E-state index in [2.05, 4.69) is 6.58 Å². The van der Waals surface area contributed by atoms with Crippen LogP contribution in [0.2, 0.25) is 0 Å². The fourth-order valence-corrected chi connectivity index (χ4v) is 1.08. The van der Waals surface area contributed by atoms with Crippen molar-refractivity contribution in [2.75, 3.05) is 0 Å². The molecule has 1 aromatic carbocycles. The quantitative estimate of drug-likeness (QED) is 0.546. The van der Waals surface area contributed by atoms with E-state index in [4.69, 9.17) is 5.11 Å². The lowest BCUT2D eigenvalue weighted by molar-refractivity contribution is 0.111. The van der Waals surface area contributed by atoms with Crippen LogP contribution in [-0.4, -0.2) is 16.5 Å². The molecule has 0 spiro atoms. The van der Waals surface area contributed by atoms with Crippen molar-refractivity contribution in [2.24, 2.45) is 0 Å². The van der Waals surface area contributed by atoms with Crippen LogP contribution < -0.4 is 0 Å². The number of benzene rings is 1. The molecule has 0 fully saturated rings. The Bertz CT molecular complexity index is 342. The summed E-state index contributed by atoms with van der Waals surface area (Å²) >= 11 is 0. The highest BCUT2D eigenvalue weighted by Gasteiger charge is 2.09. The van der Waals surface area contributed by atoms with Gasteiger partial charge in [-0.2, -0.15) is 0 Å². The Morgan fingerprint density at radius 2 is 2.08 bits per heavy atom. The summed E-state index contributed by atoms with van der Waals surface area (Å²) in [4.78, 5) is 10.5. The van der Waals surface area contributed by atoms with E-state index in [0.717, 1.165) is 0 Å². The molecule has 0 aliphatic heterocycles. The van der Waals surface area contributed by atoms with Gasteiger partial charge in [-0.1, -0.05) is 12.1 Å². The zero-order valence-electron chi connectivity index (χ0n) is 7.03. The van der Waals surface area contributed by atoms with E-state index in [-0.39, 0.29) is 17.1 Å².